The molecule has 3 rings (SSSR count). The highest BCUT2D eigenvalue weighted by Gasteiger charge is 2.47. The lowest BCUT2D eigenvalue weighted by molar-refractivity contribution is -0.164. The van der Waals surface area contributed by atoms with Crippen molar-refractivity contribution in [2.45, 2.75) is 37.2 Å². The summed E-state index contributed by atoms with van der Waals surface area (Å²) in [5.41, 5.74) is 0.749. The molecular weight excluding hydrogens is 274 g/mol. The van der Waals surface area contributed by atoms with E-state index in [-0.39, 0.29) is 5.91 Å². The molecule has 3 nitrogen and oxygen atoms in total. The predicted octanol–water partition coefficient (Wildman–Crippen LogP) is 3.23. The third kappa shape index (κ3) is 2.33. The van der Waals surface area contributed by atoms with Crippen molar-refractivity contribution in [1.82, 2.24) is 4.90 Å². The fraction of sp³-hybridized carbons (Fsp3) is 0.562. The highest BCUT2D eigenvalue weighted by molar-refractivity contribution is 6.30. The number of benzene rings is 1. The summed E-state index contributed by atoms with van der Waals surface area (Å²) in [6.07, 6.45) is 3.84. The van der Waals surface area contributed by atoms with Crippen LogP contribution in [0.5, 0.6) is 0 Å². The molecule has 1 aliphatic carbocycles. The normalized spacial score (nSPS) is 24.5. The number of carbonyl (C=O) groups is 1. The van der Waals surface area contributed by atoms with E-state index in [4.69, 9.17) is 16.3 Å². The number of methoxy groups -OCH3 is 1. The van der Waals surface area contributed by atoms with Crippen molar-refractivity contribution >= 4 is 17.5 Å². The number of hydrogen-bond acceptors (Lipinski definition) is 2. The maximum atomic E-state index is 12.6. The van der Waals surface area contributed by atoms with Gasteiger partial charge in [0.15, 0.2) is 0 Å². The lowest BCUT2D eigenvalue weighted by atomic mass is 9.79. The second kappa shape index (κ2) is 5.38. The molecule has 1 aromatic carbocycles. The highest BCUT2D eigenvalue weighted by atomic mass is 35.5. The minimum Gasteiger partial charge on any atom is -0.368 e. The first-order chi connectivity index (χ1) is 9.64. The molecular formula is C16H20ClNO2. The molecule has 1 heterocycles. The summed E-state index contributed by atoms with van der Waals surface area (Å²) >= 11 is 5.92. The first-order valence-electron chi connectivity index (χ1n) is 7.25. The largest absolute Gasteiger partial charge is 0.368 e. The molecule has 20 heavy (non-hydrogen) atoms. The predicted molar refractivity (Wildman–Crippen MR) is 79.0 cm³/mol. The van der Waals surface area contributed by atoms with Crippen molar-refractivity contribution in [3.05, 3.63) is 34.9 Å². The molecule has 0 radical (unpaired) electrons. The Bertz CT molecular complexity index is 490. The van der Waals surface area contributed by atoms with E-state index in [0.717, 1.165) is 43.8 Å². The van der Waals surface area contributed by atoms with Gasteiger partial charge in [-0.25, -0.2) is 0 Å². The molecule has 4 heteroatoms. The van der Waals surface area contributed by atoms with Gasteiger partial charge in [0.25, 0.3) is 5.91 Å². The van der Waals surface area contributed by atoms with Crippen molar-refractivity contribution < 1.29 is 9.53 Å². The fourth-order valence-electron chi connectivity index (χ4n) is 3.24. The Hall–Kier alpha value is -1.06. The molecule has 1 saturated carbocycles. The van der Waals surface area contributed by atoms with Gasteiger partial charge in [0.2, 0.25) is 0 Å². The Kier molecular flexibility index (Phi) is 3.74. The van der Waals surface area contributed by atoms with E-state index in [2.05, 4.69) is 12.1 Å². The number of halogens is 1. The van der Waals surface area contributed by atoms with Crippen LogP contribution in [0, 0.1) is 0 Å². The Morgan fingerprint density at radius 2 is 2.05 bits per heavy atom. The summed E-state index contributed by atoms with van der Waals surface area (Å²) in [6, 6.07) is 7.97. The third-order valence-electron chi connectivity index (χ3n) is 4.76. The number of nitrogens with zero attached hydrogens (tertiary/aromatic N) is 1. The summed E-state index contributed by atoms with van der Waals surface area (Å²) in [4.78, 5) is 14.6. The zero-order valence-corrected chi connectivity index (χ0v) is 12.5. The van der Waals surface area contributed by atoms with Crippen LogP contribution in [0.25, 0.3) is 0 Å². The summed E-state index contributed by atoms with van der Waals surface area (Å²) < 4.78 is 5.50. The van der Waals surface area contributed by atoms with Crippen LogP contribution in [0.4, 0.5) is 0 Å². The number of amides is 1. The van der Waals surface area contributed by atoms with Crippen molar-refractivity contribution in [1.29, 1.82) is 0 Å². The van der Waals surface area contributed by atoms with E-state index < -0.39 is 5.60 Å². The van der Waals surface area contributed by atoms with Gasteiger partial charge in [-0.3, -0.25) is 4.79 Å². The van der Waals surface area contributed by atoms with E-state index in [1.54, 1.807) is 7.11 Å². The summed E-state index contributed by atoms with van der Waals surface area (Å²) in [5.74, 6) is 0.605. The molecule has 2 aliphatic rings. The van der Waals surface area contributed by atoms with E-state index in [1.165, 1.54) is 5.56 Å². The standard InChI is InChI=1S/C16H20ClNO2/c1-20-16(8-2-9-16)15(19)18-10-7-13(11-18)12-3-5-14(17)6-4-12/h3-6,13H,2,7-11H2,1H3. The van der Waals surface area contributed by atoms with Crippen molar-refractivity contribution in [2.24, 2.45) is 0 Å². The molecule has 0 bridgehead atoms. The molecule has 1 unspecified atom stereocenters. The molecule has 2 fully saturated rings. The lowest BCUT2D eigenvalue weighted by Gasteiger charge is -2.41. The van der Waals surface area contributed by atoms with Crippen LogP contribution in [0.15, 0.2) is 24.3 Å². The second-order valence-corrected chi connectivity index (χ2v) is 6.28. The smallest absolute Gasteiger partial charge is 0.254 e. The van der Waals surface area contributed by atoms with E-state index in [1.807, 2.05) is 17.0 Å². The van der Waals surface area contributed by atoms with Crippen LogP contribution < -0.4 is 0 Å². The zero-order chi connectivity index (χ0) is 14.2. The van der Waals surface area contributed by atoms with Gasteiger partial charge in [0.1, 0.15) is 5.60 Å². The number of carbonyl (C=O) groups excluding carboxylic acids is 1. The maximum absolute atomic E-state index is 12.6. The van der Waals surface area contributed by atoms with Gasteiger partial charge in [-0.1, -0.05) is 23.7 Å². The van der Waals surface area contributed by atoms with Crippen molar-refractivity contribution in [2.75, 3.05) is 20.2 Å². The fourth-order valence-corrected chi connectivity index (χ4v) is 3.37. The molecule has 1 aliphatic heterocycles. The topological polar surface area (TPSA) is 29.5 Å². The van der Waals surface area contributed by atoms with Crippen LogP contribution in [-0.4, -0.2) is 36.6 Å². The molecule has 1 aromatic rings. The number of likely N-dealkylation sites (tertiary alicyclic amines) is 1. The van der Waals surface area contributed by atoms with Crippen LogP contribution >= 0.6 is 11.6 Å². The molecule has 0 aromatic heterocycles. The first-order valence-corrected chi connectivity index (χ1v) is 7.62. The van der Waals surface area contributed by atoms with Gasteiger partial charge in [0.05, 0.1) is 0 Å². The van der Waals surface area contributed by atoms with Gasteiger partial charge >= 0.3 is 0 Å². The Balaban J connectivity index is 1.67. The van der Waals surface area contributed by atoms with E-state index >= 15 is 0 Å². The maximum Gasteiger partial charge on any atom is 0.254 e. The Labute approximate surface area is 124 Å². The number of hydrogen-bond donors (Lipinski definition) is 0. The monoisotopic (exact) mass is 293 g/mol. The van der Waals surface area contributed by atoms with Crippen molar-refractivity contribution in [3.8, 4) is 0 Å². The minimum atomic E-state index is -0.519. The van der Waals surface area contributed by atoms with Gasteiger partial charge in [-0.15, -0.1) is 0 Å². The minimum absolute atomic E-state index is 0.183. The number of rotatable bonds is 3. The molecule has 1 amide bonds. The molecule has 108 valence electrons. The first kappa shape index (κ1) is 13.9. The molecule has 0 spiro atoms. The van der Waals surface area contributed by atoms with Gasteiger partial charge in [-0.2, -0.15) is 0 Å². The van der Waals surface area contributed by atoms with Crippen LogP contribution in [0.3, 0.4) is 0 Å². The summed E-state index contributed by atoms with van der Waals surface area (Å²) in [7, 11) is 1.66. The molecule has 1 saturated heterocycles. The molecule has 0 N–H and O–H groups in total. The van der Waals surface area contributed by atoms with Crippen LogP contribution in [0.1, 0.15) is 37.2 Å². The van der Waals surface area contributed by atoms with E-state index in [9.17, 15) is 4.79 Å². The summed E-state index contributed by atoms with van der Waals surface area (Å²) in [5, 5.41) is 0.757. The SMILES string of the molecule is COC1(C(=O)N2CCC(c3ccc(Cl)cc3)C2)CCC1. The van der Waals surface area contributed by atoms with Crippen molar-refractivity contribution in [3.63, 3.8) is 0 Å². The quantitative estimate of drug-likeness (QED) is 0.856. The van der Waals surface area contributed by atoms with Gasteiger partial charge in [-0.05, 0) is 43.4 Å². The third-order valence-corrected chi connectivity index (χ3v) is 5.01. The average molecular weight is 294 g/mol. The highest BCUT2D eigenvalue weighted by Crippen LogP contribution is 2.39. The van der Waals surface area contributed by atoms with Crippen LogP contribution in [0.2, 0.25) is 5.02 Å². The van der Waals surface area contributed by atoms with Gasteiger partial charge in [0, 0.05) is 31.1 Å². The second-order valence-electron chi connectivity index (χ2n) is 5.84. The Morgan fingerprint density at radius 3 is 2.60 bits per heavy atom. The van der Waals surface area contributed by atoms with Gasteiger partial charge < -0.3 is 9.64 Å². The average Bonchev–Trinajstić information content (AvgIpc) is 2.88. The van der Waals surface area contributed by atoms with E-state index in [0.29, 0.717) is 5.92 Å². The molecule has 1 atom stereocenters. The van der Waals surface area contributed by atoms with Crippen LogP contribution in [-0.2, 0) is 9.53 Å². The number of ether oxygens (including phenoxy) is 1. The Morgan fingerprint density at radius 1 is 1.35 bits per heavy atom. The lowest BCUT2D eigenvalue weighted by Crippen LogP contribution is -2.53. The zero-order valence-electron chi connectivity index (χ0n) is 11.8. The summed E-state index contributed by atoms with van der Waals surface area (Å²) in [6.45, 7) is 1.63.